The minimum absolute atomic E-state index is 0.0472. The van der Waals surface area contributed by atoms with Crippen LogP contribution in [0.15, 0.2) is 18.2 Å². The molecule has 0 aliphatic carbocycles. The highest BCUT2D eigenvalue weighted by atomic mass is 16.7. The van der Waals surface area contributed by atoms with E-state index in [2.05, 4.69) is 4.74 Å². The molecule has 0 N–H and O–H groups in total. The maximum atomic E-state index is 11.3. The lowest BCUT2D eigenvalue weighted by molar-refractivity contribution is -0.135. The lowest BCUT2D eigenvalue weighted by Gasteiger charge is -2.14. The second-order valence-corrected chi connectivity index (χ2v) is 4.43. The molecule has 24 heavy (non-hydrogen) atoms. The number of hydrogen-bond donors (Lipinski definition) is 0. The van der Waals surface area contributed by atoms with E-state index in [1.54, 1.807) is 0 Å². The van der Waals surface area contributed by atoms with E-state index in [-0.39, 0.29) is 24.0 Å². The maximum absolute atomic E-state index is 11.3. The summed E-state index contributed by atoms with van der Waals surface area (Å²) in [5.74, 6) is -1.44. The molecular weight excluding hydrogens is 320 g/mol. The first-order valence-corrected chi connectivity index (χ1v) is 6.80. The van der Waals surface area contributed by atoms with Crippen molar-refractivity contribution in [3.63, 3.8) is 0 Å². The average Bonchev–Trinajstić information content (AvgIpc) is 2.51. The summed E-state index contributed by atoms with van der Waals surface area (Å²) in [6.07, 6.45) is 2.52. The SMILES string of the molecule is COCOc1cc(/C=C/C(=O)OC)c(OC(C)=O)cc1OC(C)=O. The van der Waals surface area contributed by atoms with Crippen LogP contribution in [0.3, 0.4) is 0 Å². The summed E-state index contributed by atoms with van der Waals surface area (Å²) < 4.78 is 24.8. The summed E-state index contributed by atoms with van der Waals surface area (Å²) in [5, 5.41) is 0. The standard InChI is InChI=1S/C16H18O8/c1-10(17)23-13-8-15(24-11(2)18)14(22-9-20-3)7-12(13)5-6-16(19)21-4/h5-8H,9H2,1-4H3/b6-5+. The summed E-state index contributed by atoms with van der Waals surface area (Å²) in [4.78, 5) is 33.7. The molecule has 0 amide bonds. The Kier molecular flexibility index (Phi) is 7.44. The Morgan fingerprint density at radius 1 is 0.958 bits per heavy atom. The van der Waals surface area contributed by atoms with Crippen LogP contribution in [0.1, 0.15) is 19.4 Å². The van der Waals surface area contributed by atoms with Crippen LogP contribution in [0.25, 0.3) is 6.08 Å². The van der Waals surface area contributed by atoms with Crippen LogP contribution >= 0.6 is 0 Å². The van der Waals surface area contributed by atoms with Crippen molar-refractivity contribution in [2.24, 2.45) is 0 Å². The van der Waals surface area contributed by atoms with Crippen molar-refractivity contribution in [1.29, 1.82) is 0 Å². The zero-order valence-corrected chi connectivity index (χ0v) is 13.8. The summed E-state index contributed by atoms with van der Waals surface area (Å²) in [7, 11) is 2.66. The van der Waals surface area contributed by atoms with Crippen LogP contribution in [0.5, 0.6) is 17.2 Å². The van der Waals surface area contributed by atoms with Crippen LogP contribution in [-0.4, -0.2) is 38.9 Å². The fourth-order valence-electron chi connectivity index (χ4n) is 1.63. The monoisotopic (exact) mass is 338 g/mol. The molecule has 0 radical (unpaired) electrons. The number of hydrogen-bond acceptors (Lipinski definition) is 8. The first kappa shape index (κ1) is 19.2. The molecule has 0 aromatic heterocycles. The van der Waals surface area contributed by atoms with Gasteiger partial charge >= 0.3 is 17.9 Å². The fourth-order valence-corrected chi connectivity index (χ4v) is 1.63. The zero-order chi connectivity index (χ0) is 18.1. The van der Waals surface area contributed by atoms with Gasteiger partial charge in [-0.15, -0.1) is 0 Å². The number of carbonyl (C=O) groups is 3. The summed E-state index contributed by atoms with van der Waals surface area (Å²) >= 11 is 0. The van der Waals surface area contributed by atoms with E-state index in [4.69, 9.17) is 18.9 Å². The van der Waals surface area contributed by atoms with Crippen molar-refractivity contribution in [3.05, 3.63) is 23.8 Å². The van der Waals surface area contributed by atoms with Crippen LogP contribution in [0.4, 0.5) is 0 Å². The molecular formula is C16H18O8. The van der Waals surface area contributed by atoms with E-state index in [1.165, 1.54) is 46.3 Å². The van der Waals surface area contributed by atoms with Crippen LogP contribution < -0.4 is 14.2 Å². The number of carbonyl (C=O) groups excluding carboxylic acids is 3. The van der Waals surface area contributed by atoms with Crippen molar-refractivity contribution in [1.82, 2.24) is 0 Å². The predicted octanol–water partition coefficient (Wildman–Crippen LogP) is 1.71. The number of benzene rings is 1. The first-order valence-electron chi connectivity index (χ1n) is 6.80. The Hall–Kier alpha value is -2.87. The molecule has 0 bridgehead atoms. The molecule has 130 valence electrons. The highest BCUT2D eigenvalue weighted by molar-refractivity contribution is 5.88. The van der Waals surface area contributed by atoms with E-state index in [0.29, 0.717) is 5.56 Å². The van der Waals surface area contributed by atoms with Gasteiger partial charge < -0.3 is 23.7 Å². The number of esters is 3. The predicted molar refractivity (Wildman–Crippen MR) is 82.6 cm³/mol. The van der Waals surface area contributed by atoms with Crippen molar-refractivity contribution in [3.8, 4) is 17.2 Å². The minimum Gasteiger partial charge on any atom is -0.466 e. The van der Waals surface area contributed by atoms with Gasteiger partial charge in [-0.05, 0) is 12.1 Å². The zero-order valence-electron chi connectivity index (χ0n) is 13.8. The molecule has 0 unspecified atom stereocenters. The average molecular weight is 338 g/mol. The Bertz CT molecular complexity index is 648. The second kappa shape index (κ2) is 9.31. The third kappa shape index (κ3) is 6.09. The van der Waals surface area contributed by atoms with Gasteiger partial charge in [0.2, 0.25) is 0 Å². The maximum Gasteiger partial charge on any atom is 0.330 e. The van der Waals surface area contributed by atoms with Gasteiger partial charge in [-0.1, -0.05) is 0 Å². The molecule has 8 heteroatoms. The van der Waals surface area contributed by atoms with Gasteiger partial charge in [0.15, 0.2) is 18.3 Å². The van der Waals surface area contributed by atoms with E-state index >= 15 is 0 Å². The normalized spacial score (nSPS) is 10.3. The molecule has 1 aromatic rings. The van der Waals surface area contributed by atoms with Gasteiger partial charge in [-0.25, -0.2) is 4.79 Å². The van der Waals surface area contributed by atoms with Crippen molar-refractivity contribution in [2.75, 3.05) is 21.0 Å². The van der Waals surface area contributed by atoms with Crippen LogP contribution in [0.2, 0.25) is 0 Å². The lowest BCUT2D eigenvalue weighted by atomic mass is 10.1. The molecule has 0 aliphatic heterocycles. The third-order valence-electron chi connectivity index (χ3n) is 2.52. The van der Waals surface area contributed by atoms with E-state index in [0.717, 1.165) is 6.08 Å². The first-order chi connectivity index (χ1) is 11.4. The van der Waals surface area contributed by atoms with Gasteiger partial charge in [-0.3, -0.25) is 9.59 Å². The van der Waals surface area contributed by atoms with E-state index in [9.17, 15) is 14.4 Å². The Balaban J connectivity index is 3.35. The van der Waals surface area contributed by atoms with Gasteiger partial charge in [0.25, 0.3) is 0 Å². The van der Waals surface area contributed by atoms with E-state index in [1.807, 2.05) is 0 Å². The molecule has 8 nitrogen and oxygen atoms in total. The van der Waals surface area contributed by atoms with E-state index < -0.39 is 17.9 Å². The van der Waals surface area contributed by atoms with Gasteiger partial charge in [-0.2, -0.15) is 0 Å². The summed E-state index contributed by atoms with van der Waals surface area (Å²) in [6.45, 7) is 2.34. The highest BCUT2D eigenvalue weighted by Gasteiger charge is 2.15. The Labute approximate surface area is 138 Å². The Morgan fingerprint density at radius 2 is 1.58 bits per heavy atom. The number of rotatable bonds is 7. The molecule has 0 saturated heterocycles. The molecule has 0 spiro atoms. The molecule has 0 heterocycles. The molecule has 0 saturated carbocycles. The van der Waals surface area contributed by atoms with Crippen molar-refractivity contribution in [2.45, 2.75) is 13.8 Å². The number of ether oxygens (including phenoxy) is 5. The molecule has 1 rings (SSSR count). The van der Waals surface area contributed by atoms with Crippen molar-refractivity contribution < 1.29 is 38.1 Å². The third-order valence-corrected chi connectivity index (χ3v) is 2.52. The largest absolute Gasteiger partial charge is 0.466 e. The molecule has 0 fully saturated rings. The quantitative estimate of drug-likeness (QED) is 0.321. The summed E-state index contributed by atoms with van der Waals surface area (Å²) in [6, 6.07) is 2.75. The minimum atomic E-state index is -0.591. The van der Waals surface area contributed by atoms with Gasteiger partial charge in [0, 0.05) is 38.7 Å². The lowest BCUT2D eigenvalue weighted by Crippen LogP contribution is -2.08. The molecule has 0 atom stereocenters. The van der Waals surface area contributed by atoms with Gasteiger partial charge in [0.05, 0.1) is 7.11 Å². The van der Waals surface area contributed by atoms with Gasteiger partial charge in [0.1, 0.15) is 5.75 Å². The van der Waals surface area contributed by atoms with Crippen LogP contribution in [0, 0.1) is 0 Å². The summed E-state index contributed by atoms with van der Waals surface area (Å²) in [5.41, 5.74) is 0.345. The van der Waals surface area contributed by atoms with Crippen molar-refractivity contribution >= 4 is 24.0 Å². The van der Waals surface area contributed by atoms with Crippen LogP contribution in [-0.2, 0) is 23.9 Å². The molecule has 1 aromatic carbocycles. The highest BCUT2D eigenvalue weighted by Crippen LogP contribution is 2.36. The Morgan fingerprint density at radius 3 is 2.12 bits per heavy atom. The fraction of sp³-hybridized carbons (Fsp3) is 0.312. The number of methoxy groups -OCH3 is 2. The second-order valence-electron chi connectivity index (χ2n) is 4.43. The topological polar surface area (TPSA) is 97.4 Å². The smallest absolute Gasteiger partial charge is 0.330 e. The molecule has 0 aliphatic rings.